The molecule has 5 heteroatoms. The van der Waals surface area contributed by atoms with Crippen LogP contribution in [0.1, 0.15) is 0 Å². The molecule has 0 radical (unpaired) electrons. The normalized spacial score (nSPS) is 9.87. The maximum absolute atomic E-state index is 13.2. The first-order valence-corrected chi connectivity index (χ1v) is 4.77. The number of rotatable bonds is 3. The van der Waals surface area contributed by atoms with E-state index in [0.717, 1.165) is 0 Å². The zero-order valence-corrected chi connectivity index (χ0v) is 9.31. The third-order valence-corrected chi connectivity index (χ3v) is 2.09. The number of benzene rings is 1. The minimum atomic E-state index is -0.425. The second kappa shape index (κ2) is 4.98. The standard InChI is InChI=1S/C10H12ClFN2O/c1-14(2)10(15)6-13-9-5-7(11)3-4-8(9)12/h3-5,13H,6H2,1-2H3. The van der Waals surface area contributed by atoms with Gasteiger partial charge in [-0.1, -0.05) is 11.6 Å². The predicted molar refractivity (Wildman–Crippen MR) is 58.6 cm³/mol. The Labute approximate surface area is 92.8 Å². The molecule has 82 valence electrons. The number of carbonyl (C=O) groups excluding carboxylic acids is 1. The van der Waals surface area contributed by atoms with E-state index in [9.17, 15) is 9.18 Å². The molecule has 0 heterocycles. The van der Waals surface area contributed by atoms with Crippen LogP contribution in [0.25, 0.3) is 0 Å². The number of hydrogen-bond donors (Lipinski definition) is 1. The number of amides is 1. The number of carbonyl (C=O) groups is 1. The van der Waals surface area contributed by atoms with Crippen molar-refractivity contribution in [2.75, 3.05) is 26.0 Å². The quantitative estimate of drug-likeness (QED) is 0.861. The molecule has 1 rings (SSSR count). The van der Waals surface area contributed by atoms with E-state index in [0.29, 0.717) is 5.02 Å². The van der Waals surface area contributed by atoms with Crippen molar-refractivity contribution in [1.82, 2.24) is 4.90 Å². The average Bonchev–Trinajstić information content (AvgIpc) is 2.18. The molecule has 1 N–H and O–H groups in total. The molecule has 0 aliphatic rings. The molecular formula is C10H12ClFN2O. The molecule has 0 aliphatic carbocycles. The van der Waals surface area contributed by atoms with Gasteiger partial charge in [-0.2, -0.15) is 0 Å². The van der Waals surface area contributed by atoms with Crippen LogP contribution in [0.2, 0.25) is 5.02 Å². The van der Waals surface area contributed by atoms with Gasteiger partial charge in [0.25, 0.3) is 0 Å². The second-order valence-electron chi connectivity index (χ2n) is 3.27. The van der Waals surface area contributed by atoms with Crippen molar-refractivity contribution in [1.29, 1.82) is 0 Å². The smallest absolute Gasteiger partial charge is 0.241 e. The van der Waals surface area contributed by atoms with Crippen LogP contribution in [0.4, 0.5) is 10.1 Å². The molecule has 0 aromatic heterocycles. The first kappa shape index (κ1) is 11.8. The molecule has 1 aromatic rings. The highest BCUT2D eigenvalue weighted by atomic mass is 35.5. The summed E-state index contributed by atoms with van der Waals surface area (Å²) in [6.45, 7) is 0.0459. The number of likely N-dealkylation sites (N-methyl/N-ethyl adjacent to an activating group) is 1. The summed E-state index contributed by atoms with van der Waals surface area (Å²) >= 11 is 5.69. The molecule has 0 saturated heterocycles. The first-order chi connectivity index (χ1) is 7.00. The third-order valence-electron chi connectivity index (χ3n) is 1.86. The van der Waals surface area contributed by atoms with Crippen molar-refractivity contribution >= 4 is 23.2 Å². The first-order valence-electron chi connectivity index (χ1n) is 4.40. The van der Waals surface area contributed by atoms with E-state index < -0.39 is 5.82 Å². The molecule has 0 spiro atoms. The fraction of sp³-hybridized carbons (Fsp3) is 0.300. The molecule has 0 atom stereocenters. The molecular weight excluding hydrogens is 219 g/mol. The van der Waals surface area contributed by atoms with Crippen LogP contribution in [-0.2, 0) is 4.79 Å². The Morgan fingerprint density at radius 2 is 2.20 bits per heavy atom. The molecule has 0 unspecified atom stereocenters. The van der Waals surface area contributed by atoms with Crippen molar-refractivity contribution in [3.8, 4) is 0 Å². The Balaban J connectivity index is 2.65. The summed E-state index contributed by atoms with van der Waals surface area (Å²) in [5.74, 6) is -0.555. The number of nitrogens with one attached hydrogen (secondary N) is 1. The summed E-state index contributed by atoms with van der Waals surface area (Å²) in [5, 5.41) is 3.11. The van der Waals surface area contributed by atoms with Gasteiger partial charge in [0.15, 0.2) is 0 Å². The van der Waals surface area contributed by atoms with E-state index in [4.69, 9.17) is 11.6 Å². The largest absolute Gasteiger partial charge is 0.374 e. The molecule has 0 bridgehead atoms. The van der Waals surface area contributed by atoms with Gasteiger partial charge in [-0.15, -0.1) is 0 Å². The lowest BCUT2D eigenvalue weighted by molar-refractivity contribution is -0.126. The van der Waals surface area contributed by atoms with Crippen molar-refractivity contribution in [3.63, 3.8) is 0 Å². The second-order valence-corrected chi connectivity index (χ2v) is 3.70. The fourth-order valence-corrected chi connectivity index (χ4v) is 1.13. The average molecular weight is 231 g/mol. The van der Waals surface area contributed by atoms with E-state index in [2.05, 4.69) is 5.32 Å². The van der Waals surface area contributed by atoms with E-state index in [1.807, 2.05) is 0 Å². The Hall–Kier alpha value is -1.29. The third kappa shape index (κ3) is 3.40. The van der Waals surface area contributed by atoms with Gasteiger partial charge in [0.1, 0.15) is 5.82 Å². The van der Waals surface area contributed by atoms with Gasteiger partial charge in [0.05, 0.1) is 12.2 Å². The number of hydrogen-bond acceptors (Lipinski definition) is 2. The highest BCUT2D eigenvalue weighted by molar-refractivity contribution is 6.30. The van der Waals surface area contributed by atoms with Crippen LogP contribution < -0.4 is 5.32 Å². The Morgan fingerprint density at radius 3 is 2.80 bits per heavy atom. The Kier molecular flexibility index (Phi) is 3.91. The van der Waals surface area contributed by atoms with Crippen LogP contribution in [0, 0.1) is 5.82 Å². The molecule has 1 aromatic carbocycles. The van der Waals surface area contributed by atoms with Gasteiger partial charge < -0.3 is 10.2 Å². The van der Waals surface area contributed by atoms with Crippen molar-refractivity contribution in [3.05, 3.63) is 29.0 Å². The molecule has 0 saturated carbocycles. The molecule has 0 aliphatic heterocycles. The number of halogens is 2. The highest BCUT2D eigenvalue weighted by Crippen LogP contribution is 2.19. The van der Waals surface area contributed by atoms with Gasteiger partial charge in [-0.05, 0) is 18.2 Å². The topological polar surface area (TPSA) is 32.3 Å². The van der Waals surface area contributed by atoms with Gasteiger partial charge in [0, 0.05) is 19.1 Å². The summed E-state index contributed by atoms with van der Waals surface area (Å²) in [4.78, 5) is 12.6. The summed E-state index contributed by atoms with van der Waals surface area (Å²) in [7, 11) is 3.27. The van der Waals surface area contributed by atoms with Crippen molar-refractivity contribution in [2.24, 2.45) is 0 Å². The van der Waals surface area contributed by atoms with Crippen LogP contribution >= 0.6 is 11.6 Å². The summed E-state index contributed by atoms with van der Waals surface area (Å²) in [6, 6.07) is 4.15. The number of anilines is 1. The zero-order valence-electron chi connectivity index (χ0n) is 8.55. The predicted octanol–water partition coefficient (Wildman–Crippen LogP) is 1.98. The molecule has 15 heavy (non-hydrogen) atoms. The van der Waals surface area contributed by atoms with E-state index in [1.165, 1.54) is 23.1 Å². The molecule has 0 fully saturated rings. The monoisotopic (exact) mass is 230 g/mol. The lowest BCUT2D eigenvalue weighted by Crippen LogP contribution is -2.28. The highest BCUT2D eigenvalue weighted by Gasteiger charge is 2.06. The van der Waals surface area contributed by atoms with Crippen molar-refractivity contribution in [2.45, 2.75) is 0 Å². The van der Waals surface area contributed by atoms with Crippen LogP contribution in [0.3, 0.4) is 0 Å². The maximum atomic E-state index is 13.2. The lowest BCUT2D eigenvalue weighted by atomic mass is 10.3. The van der Waals surface area contributed by atoms with Crippen LogP contribution in [-0.4, -0.2) is 31.4 Å². The van der Waals surface area contributed by atoms with Gasteiger partial charge in [-0.25, -0.2) is 4.39 Å². The van der Waals surface area contributed by atoms with Gasteiger partial charge >= 0.3 is 0 Å². The maximum Gasteiger partial charge on any atom is 0.241 e. The van der Waals surface area contributed by atoms with Crippen molar-refractivity contribution < 1.29 is 9.18 Å². The summed E-state index contributed by atoms with van der Waals surface area (Å²) in [5.41, 5.74) is 0.234. The lowest BCUT2D eigenvalue weighted by Gasteiger charge is -2.12. The SMILES string of the molecule is CN(C)C(=O)CNc1cc(Cl)ccc1F. The number of nitrogens with zero attached hydrogens (tertiary/aromatic N) is 1. The minimum Gasteiger partial charge on any atom is -0.374 e. The van der Waals surface area contributed by atoms with Crippen LogP contribution in [0.15, 0.2) is 18.2 Å². The Bertz CT molecular complexity index is 368. The minimum absolute atomic E-state index is 0.0459. The molecule has 3 nitrogen and oxygen atoms in total. The van der Waals surface area contributed by atoms with Gasteiger partial charge in [-0.3, -0.25) is 4.79 Å². The fourth-order valence-electron chi connectivity index (χ4n) is 0.962. The Morgan fingerprint density at radius 1 is 1.53 bits per heavy atom. The van der Waals surface area contributed by atoms with E-state index >= 15 is 0 Å². The molecule has 1 amide bonds. The zero-order chi connectivity index (χ0) is 11.4. The summed E-state index contributed by atoms with van der Waals surface area (Å²) in [6.07, 6.45) is 0. The van der Waals surface area contributed by atoms with Gasteiger partial charge in [0.2, 0.25) is 5.91 Å². The summed E-state index contributed by atoms with van der Waals surface area (Å²) < 4.78 is 13.2. The van der Waals surface area contributed by atoms with Crippen LogP contribution in [0.5, 0.6) is 0 Å². The van der Waals surface area contributed by atoms with E-state index in [1.54, 1.807) is 14.1 Å². The van der Waals surface area contributed by atoms with E-state index in [-0.39, 0.29) is 18.1 Å².